The Morgan fingerprint density at radius 3 is 2.10 bits per heavy atom. The van der Waals surface area contributed by atoms with Crippen LogP contribution in [0.3, 0.4) is 0 Å². The van der Waals surface area contributed by atoms with Crippen molar-refractivity contribution in [3.05, 3.63) is 11.3 Å². The molecule has 0 saturated heterocycles. The first kappa shape index (κ1) is 16.1. The number of alkyl halides is 7. The van der Waals surface area contributed by atoms with Crippen molar-refractivity contribution >= 4 is 5.78 Å². The number of ketones is 1. The maximum Gasteiger partial charge on any atom is 0.460 e. The van der Waals surface area contributed by atoms with Gasteiger partial charge < -0.3 is 5.11 Å². The molecule has 0 aromatic carbocycles. The van der Waals surface area contributed by atoms with E-state index in [0.717, 1.165) is 0 Å². The highest BCUT2D eigenvalue weighted by atomic mass is 19.4. The second-order valence-electron chi connectivity index (χ2n) is 5.72. The van der Waals surface area contributed by atoms with Gasteiger partial charge in [0, 0.05) is 5.41 Å². The van der Waals surface area contributed by atoms with Crippen LogP contribution in [0.4, 0.5) is 30.7 Å². The fourth-order valence-corrected chi connectivity index (χ4v) is 2.98. The standard InChI is InChI=1S/C12H11F7O2/c1-9-3-2-5(4-9)6(7(9)20)8(21)10(13,14)11(15,16)12(17,18)19/h5,21H,2-4H2,1H3/p-1/b8-6+/t5-,9+/m0/s1. The molecular formula is C12H10F7O2-. The maximum atomic E-state index is 13.4. The Labute approximate surface area is 114 Å². The minimum absolute atomic E-state index is 0.0283. The zero-order valence-corrected chi connectivity index (χ0v) is 10.7. The van der Waals surface area contributed by atoms with Gasteiger partial charge in [-0.1, -0.05) is 6.92 Å². The van der Waals surface area contributed by atoms with Crippen LogP contribution in [-0.4, -0.2) is 23.8 Å². The average molecular weight is 319 g/mol. The van der Waals surface area contributed by atoms with Crippen LogP contribution >= 0.6 is 0 Å². The number of fused-ring (bicyclic) bond motifs is 2. The summed E-state index contributed by atoms with van der Waals surface area (Å²) in [6.45, 7) is 1.38. The van der Waals surface area contributed by atoms with Gasteiger partial charge in [-0.3, -0.25) is 4.79 Å². The molecule has 2 saturated carbocycles. The molecule has 0 aromatic rings. The molecule has 0 unspecified atom stereocenters. The number of allylic oxidation sites excluding steroid dienone is 2. The van der Waals surface area contributed by atoms with Gasteiger partial charge in [0.25, 0.3) is 0 Å². The van der Waals surface area contributed by atoms with E-state index in [0.29, 0.717) is 6.42 Å². The summed E-state index contributed by atoms with van der Waals surface area (Å²) in [5, 5.41) is 11.5. The van der Waals surface area contributed by atoms with Crippen molar-refractivity contribution in [2.45, 2.75) is 44.2 Å². The predicted molar refractivity (Wildman–Crippen MR) is 53.4 cm³/mol. The summed E-state index contributed by atoms with van der Waals surface area (Å²) >= 11 is 0. The predicted octanol–water partition coefficient (Wildman–Crippen LogP) is 2.82. The first-order chi connectivity index (χ1) is 9.26. The van der Waals surface area contributed by atoms with Gasteiger partial charge >= 0.3 is 18.0 Å². The number of carbonyl (C=O) groups excluding carboxylic acids is 1. The van der Waals surface area contributed by atoms with Crippen LogP contribution < -0.4 is 5.11 Å². The lowest BCUT2D eigenvalue weighted by Crippen LogP contribution is -2.55. The van der Waals surface area contributed by atoms with E-state index in [2.05, 4.69) is 0 Å². The highest BCUT2D eigenvalue weighted by Gasteiger charge is 2.73. The highest BCUT2D eigenvalue weighted by molar-refractivity contribution is 6.04. The molecule has 0 aromatic heterocycles. The molecule has 120 valence electrons. The van der Waals surface area contributed by atoms with E-state index in [4.69, 9.17) is 0 Å². The van der Waals surface area contributed by atoms with Crippen LogP contribution in [0.1, 0.15) is 26.2 Å². The molecule has 0 amide bonds. The topological polar surface area (TPSA) is 40.1 Å². The van der Waals surface area contributed by atoms with Gasteiger partial charge in [-0.05, 0) is 36.5 Å². The Balaban J connectivity index is 2.51. The molecule has 2 atom stereocenters. The van der Waals surface area contributed by atoms with E-state index in [9.17, 15) is 40.6 Å². The monoisotopic (exact) mass is 319 g/mol. The summed E-state index contributed by atoms with van der Waals surface area (Å²) in [7, 11) is 0. The van der Waals surface area contributed by atoms with Gasteiger partial charge in [0.05, 0.1) is 0 Å². The molecule has 0 radical (unpaired) electrons. The molecule has 0 N–H and O–H groups in total. The van der Waals surface area contributed by atoms with E-state index in [1.165, 1.54) is 6.92 Å². The van der Waals surface area contributed by atoms with Crippen LogP contribution in [0.5, 0.6) is 0 Å². The Bertz CT molecular complexity index is 520. The van der Waals surface area contributed by atoms with Gasteiger partial charge in [0.1, 0.15) is 0 Å². The molecule has 21 heavy (non-hydrogen) atoms. The second kappa shape index (κ2) is 4.13. The highest BCUT2D eigenvalue weighted by Crippen LogP contribution is 2.57. The molecular weight excluding hydrogens is 309 g/mol. The van der Waals surface area contributed by atoms with Crippen molar-refractivity contribution in [1.82, 2.24) is 0 Å². The molecule has 2 nitrogen and oxygen atoms in total. The third kappa shape index (κ3) is 1.96. The largest absolute Gasteiger partial charge is 0.871 e. The first-order valence-corrected chi connectivity index (χ1v) is 6.04. The third-order valence-electron chi connectivity index (χ3n) is 4.22. The van der Waals surface area contributed by atoms with E-state index < -0.39 is 46.5 Å². The molecule has 0 heterocycles. The lowest BCUT2D eigenvalue weighted by Gasteiger charge is -2.35. The molecule has 0 spiro atoms. The van der Waals surface area contributed by atoms with Crippen molar-refractivity contribution in [1.29, 1.82) is 0 Å². The Morgan fingerprint density at radius 1 is 1.19 bits per heavy atom. The SMILES string of the molecule is C[C@@]12CC[C@@H](C1)/C(=C(\[O-])C(F)(F)C(F)(F)C(F)(F)F)C2=O. The van der Waals surface area contributed by atoms with E-state index in [1.54, 1.807) is 0 Å². The van der Waals surface area contributed by atoms with Gasteiger partial charge in [-0.25, -0.2) is 0 Å². The quantitative estimate of drug-likeness (QED) is 0.446. The average Bonchev–Trinajstić information content (AvgIpc) is 2.80. The van der Waals surface area contributed by atoms with Gasteiger partial charge in [0.2, 0.25) is 0 Å². The summed E-state index contributed by atoms with van der Waals surface area (Å²) in [6, 6.07) is 0. The molecule has 2 rings (SSSR count). The number of rotatable bonds is 2. The fourth-order valence-electron chi connectivity index (χ4n) is 2.98. The molecule has 2 aliphatic carbocycles. The summed E-state index contributed by atoms with van der Waals surface area (Å²) in [6.07, 6.45) is -6.11. The normalized spacial score (nSPS) is 32.8. The Morgan fingerprint density at radius 2 is 1.71 bits per heavy atom. The maximum absolute atomic E-state index is 13.4. The van der Waals surface area contributed by atoms with Crippen LogP contribution in [0, 0.1) is 11.3 Å². The first-order valence-electron chi connectivity index (χ1n) is 6.04. The summed E-state index contributed by atoms with van der Waals surface area (Å²) < 4.78 is 88.6. The number of hydrogen-bond acceptors (Lipinski definition) is 2. The van der Waals surface area contributed by atoms with Crippen LogP contribution in [0.25, 0.3) is 0 Å². The van der Waals surface area contributed by atoms with Crippen molar-refractivity contribution in [3.63, 3.8) is 0 Å². The van der Waals surface area contributed by atoms with Gasteiger partial charge in [0.15, 0.2) is 5.78 Å². The molecule has 0 aliphatic heterocycles. The Kier molecular flexibility index (Phi) is 3.17. The van der Waals surface area contributed by atoms with Crippen molar-refractivity contribution in [2.75, 3.05) is 0 Å². The lowest BCUT2D eigenvalue weighted by atomic mass is 9.82. The Hall–Kier alpha value is -1.28. The minimum atomic E-state index is -6.59. The van der Waals surface area contributed by atoms with Gasteiger partial charge in [-0.15, -0.1) is 0 Å². The zero-order valence-electron chi connectivity index (χ0n) is 10.7. The van der Waals surface area contributed by atoms with Gasteiger partial charge in [-0.2, -0.15) is 30.7 Å². The third-order valence-corrected chi connectivity index (χ3v) is 4.22. The van der Waals surface area contributed by atoms with Crippen LogP contribution in [0.2, 0.25) is 0 Å². The number of carbonyl (C=O) groups is 1. The summed E-state index contributed by atoms with van der Waals surface area (Å²) in [5.41, 5.74) is -2.21. The number of hydrogen-bond donors (Lipinski definition) is 0. The fraction of sp³-hybridized carbons (Fsp3) is 0.750. The van der Waals surface area contributed by atoms with Crippen LogP contribution in [0.15, 0.2) is 11.3 Å². The molecule has 2 fully saturated rings. The van der Waals surface area contributed by atoms with Crippen molar-refractivity contribution in [3.8, 4) is 0 Å². The second-order valence-corrected chi connectivity index (χ2v) is 5.72. The summed E-state index contributed by atoms with van der Waals surface area (Å²) in [4.78, 5) is 11.8. The van der Waals surface area contributed by atoms with E-state index in [-0.39, 0.29) is 12.8 Å². The zero-order chi connectivity index (χ0) is 16.4. The van der Waals surface area contributed by atoms with Crippen LogP contribution in [-0.2, 0) is 4.79 Å². The molecule has 2 aliphatic rings. The van der Waals surface area contributed by atoms with E-state index in [1.807, 2.05) is 0 Å². The molecule has 9 heteroatoms. The smallest absolute Gasteiger partial charge is 0.460 e. The summed E-state index contributed by atoms with van der Waals surface area (Å²) in [5.74, 6) is -17.2. The lowest BCUT2D eigenvalue weighted by molar-refractivity contribution is -0.406. The van der Waals surface area contributed by atoms with Crippen molar-refractivity contribution < 1.29 is 40.6 Å². The minimum Gasteiger partial charge on any atom is -0.871 e. The number of halogens is 7. The molecule has 2 bridgehead atoms. The van der Waals surface area contributed by atoms with Crippen molar-refractivity contribution in [2.24, 2.45) is 11.3 Å². The number of Topliss-reactive ketones (excluding diaryl/α,β-unsaturated/α-hetero) is 1. The van der Waals surface area contributed by atoms with E-state index >= 15 is 0 Å².